The van der Waals surface area contributed by atoms with Crippen LogP contribution in [0.2, 0.25) is 5.02 Å². The van der Waals surface area contributed by atoms with Gasteiger partial charge in [-0.05, 0) is 30.3 Å². The topological polar surface area (TPSA) is 71.6 Å². The van der Waals surface area contributed by atoms with Crippen LogP contribution >= 0.6 is 24.0 Å². The molecule has 4 aromatic rings. The molecule has 0 unspecified atom stereocenters. The molecule has 3 heterocycles. The fourth-order valence-corrected chi connectivity index (χ4v) is 4.02. The number of carbonyl (C=O) groups is 1. The third kappa shape index (κ3) is 4.09. The van der Waals surface area contributed by atoms with E-state index in [4.69, 9.17) is 16.0 Å². The quantitative estimate of drug-likeness (QED) is 0.452. The number of carbonyl (C=O) groups excluding carboxylic acids is 1. The van der Waals surface area contributed by atoms with Crippen molar-refractivity contribution in [1.82, 2.24) is 14.5 Å². The number of anilines is 1. The number of halogens is 2. The van der Waals surface area contributed by atoms with Gasteiger partial charge in [-0.15, -0.1) is 12.4 Å². The Kier molecular flexibility index (Phi) is 6.21. The van der Waals surface area contributed by atoms with Crippen molar-refractivity contribution in [3.05, 3.63) is 88.0 Å². The van der Waals surface area contributed by atoms with Crippen LogP contribution in [0.15, 0.2) is 76.2 Å². The maximum absolute atomic E-state index is 13.0. The van der Waals surface area contributed by atoms with E-state index in [1.54, 1.807) is 35.4 Å². The highest BCUT2D eigenvalue weighted by Gasteiger charge is 2.26. The van der Waals surface area contributed by atoms with Crippen molar-refractivity contribution in [3.63, 3.8) is 0 Å². The van der Waals surface area contributed by atoms with E-state index < -0.39 is 0 Å². The molecule has 32 heavy (non-hydrogen) atoms. The third-order valence-corrected chi connectivity index (χ3v) is 5.64. The van der Waals surface area contributed by atoms with E-state index in [2.05, 4.69) is 9.88 Å². The molecule has 1 fully saturated rings. The molecule has 0 aliphatic carbocycles. The van der Waals surface area contributed by atoms with Gasteiger partial charge in [-0.1, -0.05) is 29.8 Å². The molecule has 0 saturated carbocycles. The first-order valence-corrected chi connectivity index (χ1v) is 10.3. The number of para-hydroxylation sites is 1. The molecule has 0 N–H and O–H groups in total. The minimum absolute atomic E-state index is 0. The molecule has 1 amide bonds. The largest absolute Gasteiger partial charge is 0.451 e. The van der Waals surface area contributed by atoms with Gasteiger partial charge >= 0.3 is 0 Å². The first-order valence-electron chi connectivity index (χ1n) is 9.96. The highest BCUT2D eigenvalue weighted by molar-refractivity contribution is 6.30. The summed E-state index contributed by atoms with van der Waals surface area (Å²) in [5.41, 5.74) is 1.13. The summed E-state index contributed by atoms with van der Waals surface area (Å²) in [7, 11) is 0. The van der Waals surface area contributed by atoms with E-state index in [-0.39, 0.29) is 29.5 Å². The Morgan fingerprint density at radius 2 is 1.78 bits per heavy atom. The second kappa shape index (κ2) is 9.06. The van der Waals surface area contributed by atoms with Gasteiger partial charge in [0.1, 0.15) is 5.58 Å². The molecule has 0 bridgehead atoms. The van der Waals surface area contributed by atoms with Gasteiger partial charge in [0.05, 0.1) is 5.39 Å². The Bertz CT molecular complexity index is 1330. The first-order chi connectivity index (χ1) is 15.1. The van der Waals surface area contributed by atoms with Crippen molar-refractivity contribution in [3.8, 4) is 5.69 Å². The molecule has 1 aliphatic heterocycles. The molecule has 2 aromatic carbocycles. The molecule has 1 saturated heterocycles. The number of rotatable bonds is 3. The molecule has 2 aromatic heterocycles. The predicted molar refractivity (Wildman–Crippen MR) is 126 cm³/mol. The van der Waals surface area contributed by atoms with Crippen LogP contribution in [0.3, 0.4) is 0 Å². The predicted octanol–water partition coefficient (Wildman–Crippen LogP) is 4.02. The smallest absolute Gasteiger partial charge is 0.289 e. The summed E-state index contributed by atoms with van der Waals surface area (Å²) in [6, 6.07) is 15.8. The Morgan fingerprint density at radius 3 is 2.56 bits per heavy atom. The molecule has 0 spiro atoms. The summed E-state index contributed by atoms with van der Waals surface area (Å²) < 4.78 is 7.69. The van der Waals surface area contributed by atoms with Crippen molar-refractivity contribution >= 4 is 46.8 Å². The fourth-order valence-electron chi connectivity index (χ4n) is 3.83. The molecular formula is C23H20Cl2N4O3. The zero-order valence-corrected chi connectivity index (χ0v) is 18.6. The van der Waals surface area contributed by atoms with Crippen LogP contribution in [0.1, 0.15) is 10.6 Å². The first kappa shape index (κ1) is 21.9. The summed E-state index contributed by atoms with van der Waals surface area (Å²) >= 11 is 6.14. The van der Waals surface area contributed by atoms with E-state index in [1.807, 2.05) is 35.0 Å². The van der Waals surface area contributed by atoms with Crippen LogP contribution in [0, 0.1) is 0 Å². The molecule has 9 heteroatoms. The highest BCUT2D eigenvalue weighted by atomic mass is 35.5. The lowest BCUT2D eigenvalue weighted by molar-refractivity contribution is 0.0714. The number of piperazine rings is 1. The Morgan fingerprint density at radius 1 is 1.00 bits per heavy atom. The summed E-state index contributed by atoms with van der Waals surface area (Å²) in [6.07, 6.45) is 3.64. The number of aromatic nitrogens is 2. The number of benzene rings is 2. The lowest BCUT2D eigenvalue weighted by Crippen LogP contribution is -2.49. The van der Waals surface area contributed by atoms with Crippen LogP contribution in [0.25, 0.3) is 16.7 Å². The zero-order valence-electron chi connectivity index (χ0n) is 17.0. The standard InChI is InChI=1S/C23H19ClN4O3.ClH/c24-16-4-3-5-17(14-16)28-9-8-25-23(28)27-12-10-26(11-13-27)22(30)21-15-19(29)18-6-1-2-7-20(18)31-21;/h1-9,14-15H,10-13H2;1H. The van der Waals surface area contributed by atoms with Gasteiger partial charge < -0.3 is 14.2 Å². The maximum atomic E-state index is 13.0. The van der Waals surface area contributed by atoms with Gasteiger partial charge in [-0.25, -0.2) is 4.98 Å². The molecule has 1 aliphatic rings. The van der Waals surface area contributed by atoms with Crippen molar-refractivity contribution in [2.24, 2.45) is 0 Å². The SMILES string of the molecule is Cl.O=C(c1cc(=O)c2ccccc2o1)N1CCN(c2nccn2-c2cccc(Cl)c2)CC1. The summed E-state index contributed by atoms with van der Waals surface area (Å²) in [5, 5.41) is 1.13. The number of hydrogen-bond donors (Lipinski definition) is 0. The van der Waals surface area contributed by atoms with Crippen molar-refractivity contribution in [2.75, 3.05) is 31.1 Å². The Balaban J connectivity index is 0.00000245. The van der Waals surface area contributed by atoms with Gasteiger partial charge in [0, 0.05) is 55.3 Å². The molecule has 0 radical (unpaired) electrons. The Hall–Kier alpha value is -3.29. The second-order valence-electron chi connectivity index (χ2n) is 7.33. The van der Waals surface area contributed by atoms with E-state index >= 15 is 0 Å². The van der Waals surface area contributed by atoms with Gasteiger partial charge in [-0.2, -0.15) is 0 Å². The third-order valence-electron chi connectivity index (χ3n) is 5.40. The minimum atomic E-state index is -0.277. The Labute approximate surface area is 195 Å². The number of nitrogens with zero attached hydrogens (tertiary/aromatic N) is 4. The van der Waals surface area contributed by atoms with Crippen LogP contribution in [0.5, 0.6) is 0 Å². The average Bonchev–Trinajstić information content (AvgIpc) is 3.29. The van der Waals surface area contributed by atoms with Crippen LogP contribution in [-0.4, -0.2) is 46.5 Å². The molecule has 0 atom stereocenters. The lowest BCUT2D eigenvalue weighted by atomic mass is 10.2. The lowest BCUT2D eigenvalue weighted by Gasteiger charge is -2.35. The maximum Gasteiger partial charge on any atom is 0.289 e. The zero-order chi connectivity index (χ0) is 21.4. The van der Waals surface area contributed by atoms with Gasteiger partial charge in [-0.3, -0.25) is 14.2 Å². The van der Waals surface area contributed by atoms with Crippen molar-refractivity contribution in [1.29, 1.82) is 0 Å². The number of amides is 1. The highest BCUT2D eigenvalue weighted by Crippen LogP contribution is 2.22. The summed E-state index contributed by atoms with van der Waals surface area (Å²) in [5.74, 6) is 0.588. The summed E-state index contributed by atoms with van der Waals surface area (Å²) in [6.45, 7) is 2.22. The average molecular weight is 471 g/mol. The molecule has 164 valence electrons. The van der Waals surface area contributed by atoms with E-state index in [9.17, 15) is 9.59 Å². The van der Waals surface area contributed by atoms with Gasteiger partial charge in [0.25, 0.3) is 5.91 Å². The minimum Gasteiger partial charge on any atom is -0.451 e. The molecule has 7 nitrogen and oxygen atoms in total. The van der Waals surface area contributed by atoms with Crippen LogP contribution < -0.4 is 10.3 Å². The van der Waals surface area contributed by atoms with Gasteiger partial charge in [0.15, 0.2) is 11.2 Å². The van der Waals surface area contributed by atoms with Gasteiger partial charge in [0.2, 0.25) is 5.95 Å². The monoisotopic (exact) mass is 470 g/mol. The van der Waals surface area contributed by atoms with Crippen molar-refractivity contribution < 1.29 is 9.21 Å². The second-order valence-corrected chi connectivity index (χ2v) is 7.76. The number of hydrogen-bond acceptors (Lipinski definition) is 5. The van der Waals surface area contributed by atoms with Crippen LogP contribution in [0.4, 0.5) is 5.95 Å². The molecular weight excluding hydrogens is 451 g/mol. The fraction of sp³-hybridized carbons (Fsp3) is 0.174. The normalized spacial score (nSPS) is 13.8. The van der Waals surface area contributed by atoms with E-state index in [0.29, 0.717) is 42.2 Å². The molecule has 5 rings (SSSR count). The van der Waals surface area contributed by atoms with Crippen LogP contribution in [-0.2, 0) is 0 Å². The van der Waals surface area contributed by atoms with Crippen molar-refractivity contribution in [2.45, 2.75) is 0 Å². The number of imidazole rings is 1. The van der Waals surface area contributed by atoms with E-state index in [0.717, 1.165) is 11.6 Å². The summed E-state index contributed by atoms with van der Waals surface area (Å²) in [4.78, 5) is 33.6. The van der Waals surface area contributed by atoms with E-state index in [1.165, 1.54) is 6.07 Å². The number of fused-ring (bicyclic) bond motifs is 1.